The summed E-state index contributed by atoms with van der Waals surface area (Å²) in [6.45, 7) is 0.723. The largest absolute Gasteiger partial charge is 0.495 e. The molecule has 1 N–H and O–H groups in total. The van der Waals surface area contributed by atoms with Gasteiger partial charge >= 0.3 is 0 Å². The molecule has 0 spiro atoms. The molecule has 4 rings (SSSR count). The zero-order valence-electron chi connectivity index (χ0n) is 19.4. The Balaban J connectivity index is 1.35. The van der Waals surface area contributed by atoms with Crippen LogP contribution < -0.4 is 18.9 Å². The van der Waals surface area contributed by atoms with Gasteiger partial charge in [-0.1, -0.05) is 36.4 Å². The summed E-state index contributed by atoms with van der Waals surface area (Å²) in [7, 11) is -0.636. The number of carbonyl (C=O) groups is 1. The van der Waals surface area contributed by atoms with Crippen molar-refractivity contribution in [3.05, 3.63) is 84.4 Å². The van der Waals surface area contributed by atoms with E-state index in [0.717, 1.165) is 0 Å². The maximum Gasteiger partial charge on any atom is 0.262 e. The highest BCUT2D eigenvalue weighted by Gasteiger charge is 2.23. The molecule has 1 aliphatic rings. The quantitative estimate of drug-likeness (QED) is 0.479. The number of ether oxygens (including phenoxy) is 3. The highest BCUT2D eigenvalue weighted by molar-refractivity contribution is 7.92. The number of carbonyl (C=O) groups excluding carboxylic acids is 1. The first-order valence-corrected chi connectivity index (χ1v) is 12.4. The SMILES string of the molecule is COc1ccccc1NS(=O)(=O)c1ccc(C=CC(=O)N(C)CC2COc3ccccc3O2)cc1. The predicted octanol–water partition coefficient (Wildman–Crippen LogP) is 3.81. The van der Waals surface area contributed by atoms with Crippen LogP contribution in [0.5, 0.6) is 17.2 Å². The molecule has 35 heavy (non-hydrogen) atoms. The van der Waals surface area contributed by atoms with Crippen molar-refractivity contribution in [2.75, 3.05) is 32.0 Å². The number of anilines is 1. The number of nitrogens with zero attached hydrogens (tertiary/aromatic N) is 1. The molecule has 182 valence electrons. The second-order valence-corrected chi connectivity index (χ2v) is 9.61. The van der Waals surface area contributed by atoms with Crippen molar-refractivity contribution in [3.63, 3.8) is 0 Å². The summed E-state index contributed by atoms with van der Waals surface area (Å²) in [6.07, 6.45) is 2.80. The van der Waals surface area contributed by atoms with Crippen LogP contribution >= 0.6 is 0 Å². The molecule has 1 atom stereocenters. The van der Waals surface area contributed by atoms with Crippen LogP contribution in [0.2, 0.25) is 0 Å². The summed E-state index contributed by atoms with van der Waals surface area (Å²) in [5.74, 6) is 1.58. The van der Waals surface area contributed by atoms with E-state index >= 15 is 0 Å². The van der Waals surface area contributed by atoms with Gasteiger partial charge in [0, 0.05) is 13.1 Å². The summed E-state index contributed by atoms with van der Waals surface area (Å²) in [5.41, 5.74) is 1.04. The van der Waals surface area contributed by atoms with Gasteiger partial charge in [0.1, 0.15) is 12.4 Å². The number of methoxy groups -OCH3 is 1. The van der Waals surface area contributed by atoms with Gasteiger partial charge in [-0.3, -0.25) is 9.52 Å². The van der Waals surface area contributed by atoms with E-state index in [1.54, 1.807) is 54.4 Å². The molecule has 1 heterocycles. The number of sulfonamides is 1. The molecule has 1 unspecified atom stereocenters. The highest BCUT2D eigenvalue weighted by atomic mass is 32.2. The van der Waals surface area contributed by atoms with Gasteiger partial charge in [-0.2, -0.15) is 0 Å². The smallest absolute Gasteiger partial charge is 0.262 e. The van der Waals surface area contributed by atoms with E-state index in [1.807, 2.05) is 24.3 Å². The van der Waals surface area contributed by atoms with E-state index in [9.17, 15) is 13.2 Å². The van der Waals surface area contributed by atoms with Gasteiger partial charge in [0.25, 0.3) is 10.0 Å². The first kappa shape index (κ1) is 24.2. The lowest BCUT2D eigenvalue weighted by molar-refractivity contribution is -0.126. The molecule has 0 bridgehead atoms. The van der Waals surface area contributed by atoms with Gasteiger partial charge in [-0.25, -0.2) is 8.42 Å². The van der Waals surface area contributed by atoms with Crippen molar-refractivity contribution in [1.29, 1.82) is 0 Å². The van der Waals surface area contributed by atoms with Gasteiger partial charge in [0.2, 0.25) is 5.91 Å². The van der Waals surface area contributed by atoms with Crippen LogP contribution in [0.15, 0.2) is 83.8 Å². The first-order valence-electron chi connectivity index (χ1n) is 10.9. The maximum atomic E-state index is 12.7. The molecule has 0 saturated carbocycles. The van der Waals surface area contributed by atoms with Crippen molar-refractivity contribution < 1.29 is 27.4 Å². The van der Waals surface area contributed by atoms with Crippen molar-refractivity contribution in [1.82, 2.24) is 4.90 Å². The van der Waals surface area contributed by atoms with Crippen LogP contribution in [-0.4, -0.2) is 52.6 Å². The van der Waals surface area contributed by atoms with Crippen molar-refractivity contribution in [2.45, 2.75) is 11.0 Å². The summed E-state index contributed by atoms with van der Waals surface area (Å²) in [6, 6.07) is 20.4. The number of likely N-dealkylation sites (N-methyl/N-ethyl adjacent to an activating group) is 1. The Morgan fingerprint density at radius 2 is 1.74 bits per heavy atom. The minimum atomic E-state index is -3.80. The lowest BCUT2D eigenvalue weighted by Crippen LogP contribution is -2.41. The molecular formula is C26H26N2O6S. The van der Waals surface area contributed by atoms with Crippen molar-refractivity contribution in [3.8, 4) is 17.2 Å². The van der Waals surface area contributed by atoms with E-state index in [1.165, 1.54) is 25.3 Å². The summed E-state index contributed by atoms with van der Waals surface area (Å²) >= 11 is 0. The van der Waals surface area contributed by atoms with Crippen molar-refractivity contribution in [2.24, 2.45) is 0 Å². The third kappa shape index (κ3) is 5.93. The van der Waals surface area contributed by atoms with Gasteiger partial charge in [0.15, 0.2) is 17.6 Å². The average molecular weight is 495 g/mol. The van der Waals surface area contributed by atoms with Crippen LogP contribution in [-0.2, 0) is 14.8 Å². The fraction of sp³-hybridized carbons (Fsp3) is 0.192. The molecule has 0 saturated heterocycles. The zero-order valence-corrected chi connectivity index (χ0v) is 20.2. The van der Waals surface area contributed by atoms with Gasteiger partial charge < -0.3 is 19.1 Å². The van der Waals surface area contributed by atoms with E-state index < -0.39 is 10.0 Å². The molecule has 3 aromatic carbocycles. The Morgan fingerprint density at radius 3 is 2.49 bits per heavy atom. The van der Waals surface area contributed by atoms with Crippen LogP contribution in [0.4, 0.5) is 5.69 Å². The highest BCUT2D eigenvalue weighted by Crippen LogP contribution is 2.31. The Hall–Kier alpha value is -3.98. The van der Waals surface area contributed by atoms with Gasteiger partial charge in [-0.05, 0) is 48.0 Å². The third-order valence-corrected chi connectivity index (χ3v) is 6.76. The predicted molar refractivity (Wildman–Crippen MR) is 133 cm³/mol. The number of hydrogen-bond donors (Lipinski definition) is 1. The normalized spacial score (nSPS) is 15.0. The summed E-state index contributed by atoms with van der Waals surface area (Å²) in [4.78, 5) is 14.2. The van der Waals surface area contributed by atoms with E-state index in [4.69, 9.17) is 14.2 Å². The number of rotatable bonds is 8. The van der Waals surface area contributed by atoms with E-state index in [0.29, 0.717) is 41.7 Å². The monoisotopic (exact) mass is 494 g/mol. The molecule has 0 aliphatic carbocycles. The van der Waals surface area contributed by atoms with Gasteiger partial charge in [-0.15, -0.1) is 0 Å². The molecule has 0 fully saturated rings. The molecule has 1 amide bonds. The maximum absolute atomic E-state index is 12.7. The topological polar surface area (TPSA) is 94.2 Å². The molecule has 0 aromatic heterocycles. The lowest BCUT2D eigenvalue weighted by Gasteiger charge is -2.29. The Bertz CT molecular complexity index is 1320. The first-order chi connectivity index (χ1) is 16.9. The van der Waals surface area contributed by atoms with Crippen LogP contribution in [0.3, 0.4) is 0 Å². The van der Waals surface area contributed by atoms with Gasteiger partial charge in [0.05, 0.1) is 24.2 Å². The summed E-state index contributed by atoms with van der Waals surface area (Å²) in [5, 5.41) is 0. The third-order valence-electron chi connectivity index (χ3n) is 5.38. The molecule has 0 radical (unpaired) electrons. The second-order valence-electron chi connectivity index (χ2n) is 7.92. The van der Waals surface area contributed by atoms with Crippen LogP contribution in [0, 0.1) is 0 Å². The van der Waals surface area contributed by atoms with E-state index in [2.05, 4.69) is 4.72 Å². The molecular weight excluding hydrogens is 468 g/mol. The van der Waals surface area contributed by atoms with Crippen LogP contribution in [0.25, 0.3) is 6.08 Å². The fourth-order valence-electron chi connectivity index (χ4n) is 3.53. The fourth-order valence-corrected chi connectivity index (χ4v) is 4.60. The molecule has 8 nitrogen and oxygen atoms in total. The number of amides is 1. The number of hydrogen-bond acceptors (Lipinski definition) is 6. The number of fused-ring (bicyclic) bond motifs is 1. The number of benzene rings is 3. The van der Waals surface area contributed by atoms with Crippen molar-refractivity contribution >= 4 is 27.7 Å². The van der Waals surface area contributed by atoms with Crippen LogP contribution in [0.1, 0.15) is 5.56 Å². The molecule has 9 heteroatoms. The number of nitrogens with one attached hydrogen (secondary N) is 1. The average Bonchev–Trinajstić information content (AvgIpc) is 2.87. The Labute approximate surface area is 204 Å². The van der Waals surface area contributed by atoms with E-state index in [-0.39, 0.29) is 16.9 Å². The zero-order chi connectivity index (χ0) is 24.8. The summed E-state index contributed by atoms with van der Waals surface area (Å²) < 4.78 is 44.8. The molecule has 3 aromatic rings. The Morgan fingerprint density at radius 1 is 1.06 bits per heavy atom. The minimum Gasteiger partial charge on any atom is -0.495 e. The minimum absolute atomic E-state index is 0.0960. The second kappa shape index (κ2) is 10.5. The Kier molecular flexibility index (Phi) is 7.26. The lowest BCUT2D eigenvalue weighted by atomic mass is 10.2. The molecule has 1 aliphatic heterocycles. The standard InChI is InChI=1S/C26H26N2O6S/c1-28(17-20-18-33-24-9-5-6-10-25(24)34-20)26(29)16-13-19-11-14-21(15-12-19)35(30,31)27-22-7-3-4-8-23(22)32-2/h3-16,20,27H,17-18H2,1-2H3. The number of para-hydroxylation sites is 4.